The van der Waals surface area contributed by atoms with Crippen LogP contribution >= 0.6 is 34.2 Å². The van der Waals surface area contributed by atoms with Crippen LogP contribution in [-0.2, 0) is 11.3 Å². The number of nitrogens with zero attached hydrogens (tertiary/aromatic N) is 2. The third-order valence-electron chi connectivity index (χ3n) is 3.43. The van der Waals surface area contributed by atoms with Gasteiger partial charge in [0.25, 0.3) is 5.91 Å². The molecule has 0 bridgehead atoms. The van der Waals surface area contributed by atoms with E-state index < -0.39 is 0 Å². The first-order chi connectivity index (χ1) is 12.1. The van der Waals surface area contributed by atoms with E-state index in [4.69, 9.17) is 16.3 Å². The van der Waals surface area contributed by atoms with Gasteiger partial charge in [-0.25, -0.2) is 4.68 Å². The number of amides is 1. The summed E-state index contributed by atoms with van der Waals surface area (Å²) in [6.07, 6.45) is 1.63. The molecule has 25 heavy (non-hydrogen) atoms. The number of halogens is 2. The van der Waals surface area contributed by atoms with E-state index >= 15 is 0 Å². The van der Waals surface area contributed by atoms with E-state index in [1.165, 1.54) is 0 Å². The van der Waals surface area contributed by atoms with E-state index in [2.05, 4.69) is 33.0 Å². The van der Waals surface area contributed by atoms with Gasteiger partial charge in [0, 0.05) is 14.7 Å². The summed E-state index contributed by atoms with van der Waals surface area (Å²) in [5.74, 6) is 1.00. The highest BCUT2D eigenvalue weighted by atomic mass is 127. The standard InChI is InChI=1S/C18H15ClIN3O2/c19-16-7-2-1-4-13(16)11-23-17(8-9-21-23)22-18(24)12-25-15-6-3-5-14(20)10-15/h1-10H,11-12H2,(H,22,24). The molecular weight excluding hydrogens is 453 g/mol. The average Bonchev–Trinajstić information content (AvgIpc) is 3.02. The Balaban J connectivity index is 1.61. The summed E-state index contributed by atoms with van der Waals surface area (Å²) < 4.78 is 8.24. The number of nitrogens with one attached hydrogen (secondary N) is 1. The Bertz CT molecular complexity index is 882. The number of carbonyl (C=O) groups is 1. The third-order valence-corrected chi connectivity index (χ3v) is 4.47. The first kappa shape index (κ1) is 17.8. The average molecular weight is 468 g/mol. The summed E-state index contributed by atoms with van der Waals surface area (Å²) >= 11 is 8.38. The van der Waals surface area contributed by atoms with Gasteiger partial charge in [-0.05, 0) is 52.4 Å². The molecular formula is C18H15ClIN3O2. The van der Waals surface area contributed by atoms with Gasteiger partial charge in [0.2, 0.25) is 0 Å². The number of benzene rings is 2. The number of anilines is 1. The second-order valence-electron chi connectivity index (χ2n) is 5.26. The lowest BCUT2D eigenvalue weighted by Gasteiger charge is -2.11. The van der Waals surface area contributed by atoms with Crippen molar-refractivity contribution in [2.45, 2.75) is 6.54 Å². The van der Waals surface area contributed by atoms with Crippen LogP contribution < -0.4 is 10.1 Å². The second kappa shape index (κ2) is 8.35. The van der Waals surface area contributed by atoms with E-state index in [1.54, 1.807) is 16.9 Å². The van der Waals surface area contributed by atoms with Crippen LogP contribution in [-0.4, -0.2) is 22.3 Å². The Morgan fingerprint density at radius 3 is 2.84 bits per heavy atom. The predicted molar refractivity (Wildman–Crippen MR) is 106 cm³/mol. The van der Waals surface area contributed by atoms with Crippen LogP contribution in [0.3, 0.4) is 0 Å². The van der Waals surface area contributed by atoms with Gasteiger partial charge in [-0.2, -0.15) is 5.10 Å². The smallest absolute Gasteiger partial charge is 0.263 e. The maximum atomic E-state index is 12.1. The summed E-state index contributed by atoms with van der Waals surface area (Å²) in [5, 5.41) is 7.71. The molecule has 1 N–H and O–H groups in total. The highest BCUT2D eigenvalue weighted by Crippen LogP contribution is 2.18. The Morgan fingerprint density at radius 1 is 1.20 bits per heavy atom. The summed E-state index contributed by atoms with van der Waals surface area (Å²) in [7, 11) is 0. The van der Waals surface area contributed by atoms with Crippen LogP contribution in [0.2, 0.25) is 5.02 Å². The van der Waals surface area contributed by atoms with Gasteiger partial charge in [-0.15, -0.1) is 0 Å². The molecule has 1 amide bonds. The molecule has 1 aromatic heterocycles. The number of rotatable bonds is 6. The highest BCUT2D eigenvalue weighted by molar-refractivity contribution is 14.1. The fourth-order valence-electron chi connectivity index (χ4n) is 2.24. The topological polar surface area (TPSA) is 56.1 Å². The molecule has 3 aromatic rings. The van der Waals surface area contributed by atoms with Crippen LogP contribution in [0.1, 0.15) is 5.56 Å². The molecule has 7 heteroatoms. The SMILES string of the molecule is O=C(COc1cccc(I)c1)Nc1ccnn1Cc1ccccc1Cl. The molecule has 0 saturated heterocycles. The first-order valence-electron chi connectivity index (χ1n) is 7.55. The lowest BCUT2D eigenvalue weighted by atomic mass is 10.2. The highest BCUT2D eigenvalue weighted by Gasteiger charge is 2.10. The molecule has 0 aliphatic carbocycles. The van der Waals surface area contributed by atoms with Gasteiger partial charge in [-0.1, -0.05) is 35.9 Å². The van der Waals surface area contributed by atoms with Gasteiger partial charge >= 0.3 is 0 Å². The predicted octanol–water partition coefficient (Wildman–Crippen LogP) is 4.21. The molecule has 128 valence electrons. The van der Waals surface area contributed by atoms with Crippen molar-refractivity contribution >= 4 is 45.9 Å². The molecule has 0 spiro atoms. The molecule has 0 saturated carbocycles. The lowest BCUT2D eigenvalue weighted by molar-refractivity contribution is -0.118. The fraction of sp³-hybridized carbons (Fsp3) is 0.111. The minimum Gasteiger partial charge on any atom is -0.484 e. The first-order valence-corrected chi connectivity index (χ1v) is 9.01. The van der Waals surface area contributed by atoms with Crippen molar-refractivity contribution in [1.29, 1.82) is 0 Å². The number of ether oxygens (including phenoxy) is 1. The van der Waals surface area contributed by atoms with Crippen molar-refractivity contribution in [2.24, 2.45) is 0 Å². The Kier molecular flexibility index (Phi) is 5.93. The lowest BCUT2D eigenvalue weighted by Crippen LogP contribution is -2.22. The zero-order valence-electron chi connectivity index (χ0n) is 13.2. The van der Waals surface area contributed by atoms with Crippen molar-refractivity contribution in [1.82, 2.24) is 9.78 Å². The Labute approximate surface area is 164 Å². The van der Waals surface area contributed by atoms with E-state index in [0.717, 1.165) is 9.13 Å². The number of hydrogen-bond donors (Lipinski definition) is 1. The van der Waals surface area contributed by atoms with Crippen LogP contribution in [0.25, 0.3) is 0 Å². The maximum Gasteiger partial charge on any atom is 0.263 e. The van der Waals surface area contributed by atoms with Crippen molar-refractivity contribution in [3.8, 4) is 5.75 Å². The summed E-state index contributed by atoms with van der Waals surface area (Å²) in [4.78, 5) is 12.1. The van der Waals surface area contributed by atoms with E-state index in [9.17, 15) is 4.79 Å². The van der Waals surface area contributed by atoms with Crippen LogP contribution in [0.15, 0.2) is 60.8 Å². The van der Waals surface area contributed by atoms with Crippen LogP contribution in [0, 0.1) is 3.57 Å². The zero-order chi connectivity index (χ0) is 17.6. The molecule has 0 aliphatic rings. The minimum atomic E-state index is -0.250. The molecule has 0 aliphatic heterocycles. The quantitative estimate of drug-likeness (QED) is 0.553. The molecule has 0 atom stereocenters. The van der Waals surface area contributed by atoms with Gasteiger partial charge in [0.05, 0.1) is 12.7 Å². The summed E-state index contributed by atoms with van der Waals surface area (Å²) in [6, 6.07) is 16.8. The Morgan fingerprint density at radius 2 is 2.04 bits per heavy atom. The third kappa shape index (κ3) is 4.96. The summed E-state index contributed by atoms with van der Waals surface area (Å²) in [6.45, 7) is 0.400. The molecule has 0 radical (unpaired) electrons. The molecule has 5 nitrogen and oxygen atoms in total. The van der Waals surface area contributed by atoms with E-state index in [0.29, 0.717) is 23.1 Å². The fourth-order valence-corrected chi connectivity index (χ4v) is 2.95. The van der Waals surface area contributed by atoms with Gasteiger partial charge in [0.15, 0.2) is 6.61 Å². The molecule has 1 heterocycles. The Hall–Kier alpha value is -2.06. The number of aromatic nitrogens is 2. The van der Waals surface area contributed by atoms with Crippen molar-refractivity contribution in [3.05, 3.63) is 75.0 Å². The van der Waals surface area contributed by atoms with E-state index in [-0.39, 0.29) is 12.5 Å². The number of carbonyl (C=O) groups excluding carboxylic acids is 1. The van der Waals surface area contributed by atoms with Gasteiger partial charge < -0.3 is 10.1 Å². The van der Waals surface area contributed by atoms with Gasteiger partial charge in [0.1, 0.15) is 11.6 Å². The largest absolute Gasteiger partial charge is 0.484 e. The van der Waals surface area contributed by atoms with Crippen molar-refractivity contribution < 1.29 is 9.53 Å². The monoisotopic (exact) mass is 467 g/mol. The number of hydrogen-bond acceptors (Lipinski definition) is 3. The van der Waals surface area contributed by atoms with Crippen molar-refractivity contribution in [2.75, 3.05) is 11.9 Å². The van der Waals surface area contributed by atoms with Crippen LogP contribution in [0.4, 0.5) is 5.82 Å². The second-order valence-corrected chi connectivity index (χ2v) is 6.91. The maximum absolute atomic E-state index is 12.1. The molecule has 0 unspecified atom stereocenters. The van der Waals surface area contributed by atoms with Crippen LogP contribution in [0.5, 0.6) is 5.75 Å². The van der Waals surface area contributed by atoms with Crippen molar-refractivity contribution in [3.63, 3.8) is 0 Å². The van der Waals surface area contributed by atoms with E-state index in [1.807, 2.05) is 48.5 Å². The minimum absolute atomic E-state index is 0.0721. The normalized spacial score (nSPS) is 10.5. The molecule has 2 aromatic carbocycles. The zero-order valence-corrected chi connectivity index (χ0v) is 16.1. The molecule has 0 fully saturated rings. The van der Waals surface area contributed by atoms with Gasteiger partial charge in [-0.3, -0.25) is 4.79 Å². The summed E-state index contributed by atoms with van der Waals surface area (Å²) in [5.41, 5.74) is 0.929. The molecule has 3 rings (SSSR count).